The summed E-state index contributed by atoms with van der Waals surface area (Å²) in [6, 6.07) is 18.7. The van der Waals surface area contributed by atoms with E-state index in [1.807, 2.05) is 30.3 Å². The van der Waals surface area contributed by atoms with Gasteiger partial charge in [0.1, 0.15) is 5.15 Å². The Morgan fingerprint density at radius 2 is 1.80 bits per heavy atom. The predicted molar refractivity (Wildman–Crippen MR) is 85.2 cm³/mol. The van der Waals surface area contributed by atoms with Crippen molar-refractivity contribution in [2.45, 2.75) is 5.92 Å². The van der Waals surface area contributed by atoms with Crippen LogP contribution >= 0.6 is 11.6 Å². The van der Waals surface area contributed by atoms with Crippen molar-refractivity contribution in [2.24, 2.45) is 0 Å². The summed E-state index contributed by atoms with van der Waals surface area (Å²) in [6.45, 7) is 3.95. The van der Waals surface area contributed by atoms with Gasteiger partial charge in [-0.05, 0) is 22.4 Å². The van der Waals surface area contributed by atoms with Crippen LogP contribution in [-0.4, -0.2) is 4.98 Å². The summed E-state index contributed by atoms with van der Waals surface area (Å²) < 4.78 is 0. The molecule has 0 saturated heterocycles. The molecule has 1 unspecified atom stereocenters. The third-order valence-corrected chi connectivity index (χ3v) is 3.81. The molecule has 2 aromatic carbocycles. The second-order valence-electron chi connectivity index (χ2n) is 4.70. The highest BCUT2D eigenvalue weighted by Crippen LogP contribution is 2.31. The molecule has 3 aromatic rings. The monoisotopic (exact) mass is 279 g/mol. The molecule has 98 valence electrons. The molecule has 0 aliphatic carbocycles. The van der Waals surface area contributed by atoms with Crippen molar-refractivity contribution < 1.29 is 0 Å². The summed E-state index contributed by atoms with van der Waals surface area (Å²) in [7, 11) is 0. The second kappa shape index (κ2) is 5.48. The van der Waals surface area contributed by atoms with Crippen LogP contribution in [0.5, 0.6) is 0 Å². The lowest BCUT2D eigenvalue weighted by Gasteiger charge is -2.15. The van der Waals surface area contributed by atoms with Crippen LogP contribution in [0.1, 0.15) is 17.0 Å². The van der Waals surface area contributed by atoms with Crippen molar-refractivity contribution in [2.75, 3.05) is 0 Å². The maximum atomic E-state index is 6.21. The average molecular weight is 280 g/mol. The SMILES string of the molecule is C=CC(c1ccc2ccccc2c1)c1cccnc1Cl. The lowest BCUT2D eigenvalue weighted by atomic mass is 9.91. The summed E-state index contributed by atoms with van der Waals surface area (Å²) in [5.74, 6) is 0.0563. The first-order valence-electron chi connectivity index (χ1n) is 6.51. The van der Waals surface area contributed by atoms with E-state index in [0.29, 0.717) is 5.15 Å². The Morgan fingerprint density at radius 3 is 2.55 bits per heavy atom. The van der Waals surface area contributed by atoms with Crippen molar-refractivity contribution >= 4 is 22.4 Å². The van der Waals surface area contributed by atoms with Gasteiger partial charge in [-0.25, -0.2) is 4.98 Å². The van der Waals surface area contributed by atoms with Crippen molar-refractivity contribution in [3.8, 4) is 0 Å². The van der Waals surface area contributed by atoms with Crippen LogP contribution in [0.15, 0.2) is 73.4 Å². The molecule has 0 aliphatic heterocycles. The van der Waals surface area contributed by atoms with Gasteiger partial charge in [-0.2, -0.15) is 0 Å². The highest BCUT2D eigenvalue weighted by molar-refractivity contribution is 6.30. The van der Waals surface area contributed by atoms with E-state index in [4.69, 9.17) is 11.6 Å². The fourth-order valence-corrected chi connectivity index (χ4v) is 2.71. The zero-order valence-electron chi connectivity index (χ0n) is 11.0. The van der Waals surface area contributed by atoms with Gasteiger partial charge in [0.15, 0.2) is 0 Å². The van der Waals surface area contributed by atoms with Crippen LogP contribution in [0.2, 0.25) is 5.15 Å². The summed E-state index contributed by atoms with van der Waals surface area (Å²) in [4.78, 5) is 4.15. The lowest BCUT2D eigenvalue weighted by Crippen LogP contribution is -1.99. The number of nitrogens with zero attached hydrogens (tertiary/aromatic N) is 1. The van der Waals surface area contributed by atoms with Crippen LogP contribution < -0.4 is 0 Å². The highest BCUT2D eigenvalue weighted by atomic mass is 35.5. The molecule has 3 rings (SSSR count). The molecule has 1 aromatic heterocycles. The van der Waals surface area contributed by atoms with E-state index < -0.39 is 0 Å². The molecular weight excluding hydrogens is 266 g/mol. The molecule has 0 radical (unpaired) electrons. The topological polar surface area (TPSA) is 12.9 Å². The van der Waals surface area contributed by atoms with E-state index in [0.717, 1.165) is 5.56 Å². The van der Waals surface area contributed by atoms with Crippen LogP contribution in [-0.2, 0) is 0 Å². The minimum absolute atomic E-state index is 0.0563. The lowest BCUT2D eigenvalue weighted by molar-refractivity contribution is 1.01. The number of hydrogen-bond donors (Lipinski definition) is 0. The molecule has 0 bridgehead atoms. The molecule has 0 fully saturated rings. The summed E-state index contributed by atoms with van der Waals surface area (Å²) in [6.07, 6.45) is 3.61. The fourth-order valence-electron chi connectivity index (χ4n) is 2.47. The number of rotatable bonds is 3. The third kappa shape index (κ3) is 2.33. The van der Waals surface area contributed by atoms with Crippen LogP contribution in [0.25, 0.3) is 10.8 Å². The molecule has 0 spiro atoms. The number of hydrogen-bond acceptors (Lipinski definition) is 1. The normalized spacial score (nSPS) is 12.2. The molecular formula is C18H14ClN. The Labute approximate surface area is 123 Å². The zero-order chi connectivity index (χ0) is 13.9. The first kappa shape index (κ1) is 12.9. The second-order valence-corrected chi connectivity index (χ2v) is 5.06. The molecule has 0 aliphatic rings. The van der Waals surface area contributed by atoms with Crippen molar-refractivity contribution in [3.63, 3.8) is 0 Å². The summed E-state index contributed by atoms with van der Waals surface area (Å²) in [5.41, 5.74) is 2.16. The Bertz CT molecular complexity index is 764. The number of pyridine rings is 1. The van der Waals surface area contributed by atoms with Crippen LogP contribution in [0.3, 0.4) is 0 Å². The molecule has 1 atom stereocenters. The minimum atomic E-state index is 0.0563. The first-order valence-corrected chi connectivity index (χ1v) is 6.89. The smallest absolute Gasteiger partial charge is 0.133 e. The maximum Gasteiger partial charge on any atom is 0.133 e. The Hall–Kier alpha value is -2.12. The maximum absolute atomic E-state index is 6.21. The highest BCUT2D eigenvalue weighted by Gasteiger charge is 2.14. The van der Waals surface area contributed by atoms with Crippen molar-refractivity contribution in [3.05, 3.63) is 89.7 Å². The number of halogens is 1. The quantitative estimate of drug-likeness (QED) is 0.474. The standard InChI is InChI=1S/C18H14ClN/c1-2-16(17-8-5-11-20-18(17)19)15-10-9-13-6-3-4-7-14(13)12-15/h2-12,16H,1H2. The number of benzene rings is 2. The number of fused-ring (bicyclic) bond motifs is 1. The Balaban J connectivity index is 2.12. The van der Waals surface area contributed by atoms with Crippen molar-refractivity contribution in [1.82, 2.24) is 4.98 Å². The molecule has 1 nitrogen and oxygen atoms in total. The minimum Gasteiger partial charge on any atom is -0.244 e. The molecule has 2 heteroatoms. The Kier molecular flexibility index (Phi) is 3.53. The fraction of sp³-hybridized carbons (Fsp3) is 0.0556. The number of aromatic nitrogens is 1. The van der Waals surface area contributed by atoms with Gasteiger partial charge in [-0.1, -0.05) is 66.2 Å². The van der Waals surface area contributed by atoms with Gasteiger partial charge in [0.2, 0.25) is 0 Å². The molecule has 20 heavy (non-hydrogen) atoms. The van der Waals surface area contributed by atoms with E-state index >= 15 is 0 Å². The molecule has 0 N–H and O–H groups in total. The van der Waals surface area contributed by atoms with Crippen LogP contribution in [0, 0.1) is 0 Å². The van der Waals surface area contributed by atoms with Gasteiger partial charge in [0.25, 0.3) is 0 Å². The van der Waals surface area contributed by atoms with Gasteiger partial charge in [0, 0.05) is 17.7 Å². The van der Waals surface area contributed by atoms with Crippen molar-refractivity contribution in [1.29, 1.82) is 0 Å². The van der Waals surface area contributed by atoms with E-state index in [9.17, 15) is 0 Å². The Morgan fingerprint density at radius 1 is 1.00 bits per heavy atom. The van der Waals surface area contributed by atoms with E-state index in [2.05, 4.69) is 41.9 Å². The predicted octanol–water partition coefficient (Wildman–Crippen LogP) is 5.21. The van der Waals surface area contributed by atoms with Gasteiger partial charge in [-0.3, -0.25) is 0 Å². The summed E-state index contributed by atoms with van der Waals surface area (Å²) in [5, 5.41) is 2.98. The average Bonchev–Trinajstić information content (AvgIpc) is 2.50. The summed E-state index contributed by atoms with van der Waals surface area (Å²) >= 11 is 6.21. The first-order chi connectivity index (χ1) is 9.79. The molecule has 0 saturated carbocycles. The third-order valence-electron chi connectivity index (χ3n) is 3.49. The van der Waals surface area contributed by atoms with Gasteiger partial charge >= 0.3 is 0 Å². The van der Waals surface area contributed by atoms with E-state index in [1.165, 1.54) is 16.3 Å². The molecule has 0 amide bonds. The van der Waals surface area contributed by atoms with Gasteiger partial charge in [0.05, 0.1) is 0 Å². The van der Waals surface area contributed by atoms with Crippen LogP contribution in [0.4, 0.5) is 0 Å². The van der Waals surface area contributed by atoms with Gasteiger partial charge in [-0.15, -0.1) is 6.58 Å². The zero-order valence-corrected chi connectivity index (χ0v) is 11.7. The number of allylic oxidation sites excluding steroid dienone is 1. The largest absolute Gasteiger partial charge is 0.244 e. The van der Waals surface area contributed by atoms with Gasteiger partial charge < -0.3 is 0 Å². The molecule has 1 heterocycles. The van der Waals surface area contributed by atoms with E-state index in [-0.39, 0.29) is 5.92 Å². The van der Waals surface area contributed by atoms with E-state index in [1.54, 1.807) is 6.20 Å².